The van der Waals surface area contributed by atoms with Crippen LogP contribution in [0.4, 0.5) is 0 Å². The molecule has 0 saturated carbocycles. The first-order valence-corrected chi connectivity index (χ1v) is 6.59. The highest BCUT2D eigenvalue weighted by molar-refractivity contribution is 7.09. The fourth-order valence-corrected chi connectivity index (χ4v) is 2.59. The summed E-state index contributed by atoms with van der Waals surface area (Å²) in [7, 11) is 0. The molecule has 0 saturated heterocycles. The summed E-state index contributed by atoms with van der Waals surface area (Å²) in [5.74, 6) is 0. The van der Waals surface area contributed by atoms with Crippen molar-refractivity contribution in [3.8, 4) is 0 Å². The monoisotopic (exact) mass is 239 g/mol. The molecule has 0 spiro atoms. The number of thiazole rings is 2. The van der Waals surface area contributed by atoms with Gasteiger partial charge in [0.25, 0.3) is 0 Å². The summed E-state index contributed by atoms with van der Waals surface area (Å²) in [6, 6.07) is 0. The second-order valence-corrected chi connectivity index (χ2v) is 5.19. The third-order valence-electron chi connectivity index (χ3n) is 1.96. The largest absolute Gasteiger partial charge is 0.311 e. The van der Waals surface area contributed by atoms with Crippen LogP contribution < -0.4 is 5.32 Å². The lowest BCUT2D eigenvalue weighted by molar-refractivity contribution is 0.690. The summed E-state index contributed by atoms with van der Waals surface area (Å²) in [6.45, 7) is 3.92. The van der Waals surface area contributed by atoms with Gasteiger partial charge in [-0.15, -0.1) is 22.7 Å². The van der Waals surface area contributed by atoms with E-state index in [1.807, 2.05) is 18.6 Å². The standard InChI is InChI=1S/C10H13N3S2/c1-8-6-14-10(13-8)2-3-11-4-9-5-12-7-15-9/h5-7,11H,2-4H2,1H3. The van der Waals surface area contributed by atoms with Crippen molar-refractivity contribution in [1.82, 2.24) is 15.3 Å². The lowest BCUT2D eigenvalue weighted by Crippen LogP contribution is -2.15. The predicted molar refractivity (Wildman–Crippen MR) is 64.4 cm³/mol. The zero-order chi connectivity index (χ0) is 10.5. The van der Waals surface area contributed by atoms with E-state index in [1.165, 1.54) is 9.88 Å². The van der Waals surface area contributed by atoms with Gasteiger partial charge < -0.3 is 5.32 Å². The molecule has 0 aliphatic heterocycles. The first-order chi connectivity index (χ1) is 7.34. The average molecular weight is 239 g/mol. The topological polar surface area (TPSA) is 37.8 Å². The summed E-state index contributed by atoms with van der Waals surface area (Å²) in [5.41, 5.74) is 2.98. The minimum Gasteiger partial charge on any atom is -0.311 e. The SMILES string of the molecule is Cc1csc(CCNCc2cncs2)n1. The summed E-state index contributed by atoms with van der Waals surface area (Å²) < 4.78 is 0. The van der Waals surface area contributed by atoms with Crippen LogP contribution in [0.3, 0.4) is 0 Å². The van der Waals surface area contributed by atoms with Gasteiger partial charge in [0.2, 0.25) is 0 Å². The van der Waals surface area contributed by atoms with Crippen LogP contribution in [0.15, 0.2) is 17.1 Å². The lowest BCUT2D eigenvalue weighted by atomic mass is 10.4. The minimum atomic E-state index is 0.912. The van der Waals surface area contributed by atoms with E-state index < -0.39 is 0 Å². The lowest BCUT2D eigenvalue weighted by Gasteiger charge is -1.99. The third kappa shape index (κ3) is 3.37. The van der Waals surface area contributed by atoms with Gasteiger partial charge in [-0.25, -0.2) is 4.98 Å². The molecular weight excluding hydrogens is 226 g/mol. The quantitative estimate of drug-likeness (QED) is 0.813. The molecular formula is C10H13N3S2. The summed E-state index contributed by atoms with van der Waals surface area (Å²) in [4.78, 5) is 9.73. The Morgan fingerprint density at radius 3 is 3.00 bits per heavy atom. The molecule has 0 radical (unpaired) electrons. The van der Waals surface area contributed by atoms with E-state index in [0.29, 0.717) is 0 Å². The van der Waals surface area contributed by atoms with Crippen LogP contribution in [-0.4, -0.2) is 16.5 Å². The Labute approximate surface area is 97.2 Å². The smallest absolute Gasteiger partial charge is 0.0940 e. The van der Waals surface area contributed by atoms with Gasteiger partial charge in [-0.1, -0.05) is 0 Å². The molecule has 15 heavy (non-hydrogen) atoms. The van der Waals surface area contributed by atoms with E-state index >= 15 is 0 Å². The summed E-state index contributed by atoms with van der Waals surface area (Å²) >= 11 is 3.42. The van der Waals surface area contributed by atoms with Crippen LogP contribution in [-0.2, 0) is 13.0 Å². The van der Waals surface area contributed by atoms with Crippen molar-refractivity contribution in [3.05, 3.63) is 32.7 Å². The van der Waals surface area contributed by atoms with Crippen LogP contribution in [0.2, 0.25) is 0 Å². The molecule has 0 aliphatic carbocycles. The molecule has 0 unspecified atom stereocenters. The van der Waals surface area contributed by atoms with Crippen LogP contribution in [0.25, 0.3) is 0 Å². The van der Waals surface area contributed by atoms with E-state index in [4.69, 9.17) is 0 Å². The Bertz CT molecular complexity index is 394. The molecule has 0 fully saturated rings. The maximum atomic E-state index is 4.41. The fourth-order valence-electron chi connectivity index (χ4n) is 1.25. The molecule has 2 rings (SSSR count). The van der Waals surface area contributed by atoms with Gasteiger partial charge in [-0.2, -0.15) is 0 Å². The van der Waals surface area contributed by atoms with Gasteiger partial charge in [0.1, 0.15) is 0 Å². The van der Waals surface area contributed by atoms with Crippen LogP contribution in [0, 0.1) is 6.92 Å². The molecule has 1 N–H and O–H groups in total. The van der Waals surface area contributed by atoms with Gasteiger partial charge in [0.15, 0.2) is 0 Å². The van der Waals surface area contributed by atoms with Crippen molar-refractivity contribution < 1.29 is 0 Å². The van der Waals surface area contributed by atoms with E-state index in [0.717, 1.165) is 25.2 Å². The first kappa shape index (κ1) is 10.7. The molecule has 3 nitrogen and oxygen atoms in total. The van der Waals surface area contributed by atoms with Crippen molar-refractivity contribution in [2.24, 2.45) is 0 Å². The number of aryl methyl sites for hydroxylation is 1. The summed E-state index contributed by atoms with van der Waals surface area (Å²) in [6.07, 6.45) is 2.92. The second-order valence-electron chi connectivity index (χ2n) is 3.28. The number of rotatable bonds is 5. The molecule has 0 amide bonds. The Kier molecular flexibility index (Phi) is 3.82. The van der Waals surface area contributed by atoms with Crippen LogP contribution in [0.5, 0.6) is 0 Å². The van der Waals surface area contributed by atoms with E-state index in [2.05, 4.69) is 20.7 Å². The molecule has 0 aliphatic rings. The predicted octanol–water partition coefficient (Wildman–Crippen LogP) is 2.24. The highest BCUT2D eigenvalue weighted by Gasteiger charge is 1.98. The van der Waals surface area contributed by atoms with Gasteiger partial charge in [-0.05, 0) is 6.92 Å². The van der Waals surface area contributed by atoms with Crippen LogP contribution in [0.1, 0.15) is 15.6 Å². The minimum absolute atomic E-state index is 0.912. The second kappa shape index (κ2) is 5.34. The number of hydrogen-bond donors (Lipinski definition) is 1. The Morgan fingerprint density at radius 1 is 1.40 bits per heavy atom. The Morgan fingerprint density at radius 2 is 2.33 bits per heavy atom. The molecule has 2 aromatic rings. The number of nitrogens with zero attached hydrogens (tertiary/aromatic N) is 2. The van der Waals surface area contributed by atoms with Gasteiger partial charge in [-0.3, -0.25) is 4.98 Å². The van der Waals surface area contributed by atoms with E-state index in [9.17, 15) is 0 Å². The molecule has 2 heterocycles. The first-order valence-electron chi connectivity index (χ1n) is 4.83. The fraction of sp³-hybridized carbons (Fsp3) is 0.400. The van der Waals surface area contributed by atoms with Crippen LogP contribution >= 0.6 is 22.7 Å². The molecule has 0 bridgehead atoms. The molecule has 0 atom stereocenters. The van der Waals surface area contributed by atoms with Crippen molar-refractivity contribution in [2.45, 2.75) is 19.9 Å². The zero-order valence-electron chi connectivity index (χ0n) is 8.56. The maximum absolute atomic E-state index is 4.41. The highest BCUT2D eigenvalue weighted by Crippen LogP contribution is 2.09. The normalized spacial score (nSPS) is 10.7. The van der Waals surface area contributed by atoms with E-state index in [-0.39, 0.29) is 0 Å². The average Bonchev–Trinajstić information content (AvgIpc) is 2.84. The molecule has 80 valence electrons. The molecule has 2 aromatic heterocycles. The zero-order valence-corrected chi connectivity index (χ0v) is 10.2. The van der Waals surface area contributed by atoms with Crippen molar-refractivity contribution in [2.75, 3.05) is 6.54 Å². The van der Waals surface area contributed by atoms with Crippen molar-refractivity contribution in [1.29, 1.82) is 0 Å². The third-order valence-corrected chi connectivity index (χ3v) is 3.77. The highest BCUT2D eigenvalue weighted by atomic mass is 32.1. The van der Waals surface area contributed by atoms with Gasteiger partial charge in [0, 0.05) is 41.7 Å². The Hall–Kier alpha value is -0.780. The molecule has 5 heteroatoms. The van der Waals surface area contributed by atoms with Crippen molar-refractivity contribution in [3.63, 3.8) is 0 Å². The van der Waals surface area contributed by atoms with Crippen molar-refractivity contribution >= 4 is 22.7 Å². The Balaban J connectivity index is 1.67. The summed E-state index contributed by atoms with van der Waals surface area (Å²) in [5, 5.41) is 6.69. The number of hydrogen-bond acceptors (Lipinski definition) is 5. The number of aromatic nitrogens is 2. The van der Waals surface area contributed by atoms with Gasteiger partial charge >= 0.3 is 0 Å². The number of nitrogens with one attached hydrogen (secondary N) is 1. The molecule has 0 aromatic carbocycles. The van der Waals surface area contributed by atoms with Gasteiger partial charge in [0.05, 0.1) is 10.5 Å². The van der Waals surface area contributed by atoms with E-state index in [1.54, 1.807) is 22.7 Å². The maximum Gasteiger partial charge on any atom is 0.0940 e.